The first-order valence-electron chi connectivity index (χ1n) is 12.3. The Bertz CT molecular complexity index is 1370. The highest BCUT2D eigenvalue weighted by Gasteiger charge is 2.23. The maximum absolute atomic E-state index is 11.3. The minimum atomic E-state index is -2.99. The highest BCUT2D eigenvalue weighted by Crippen LogP contribution is 2.39. The van der Waals surface area contributed by atoms with Gasteiger partial charge in [-0.2, -0.15) is 0 Å². The molecule has 0 aliphatic carbocycles. The fourth-order valence-corrected chi connectivity index (χ4v) is 5.20. The molecule has 37 heavy (non-hydrogen) atoms. The van der Waals surface area contributed by atoms with Crippen molar-refractivity contribution in [1.29, 1.82) is 0 Å². The van der Waals surface area contributed by atoms with Gasteiger partial charge in [-0.3, -0.25) is 4.79 Å². The van der Waals surface area contributed by atoms with Gasteiger partial charge in [0.25, 0.3) is 0 Å². The molecule has 1 N–H and O–H groups in total. The minimum Gasteiger partial charge on any atom is -0.494 e. The van der Waals surface area contributed by atoms with Gasteiger partial charge in [0.1, 0.15) is 22.2 Å². The van der Waals surface area contributed by atoms with Crippen LogP contribution in [0.25, 0.3) is 11.1 Å². The average molecular weight is 525 g/mol. The monoisotopic (exact) mass is 524 g/mol. The van der Waals surface area contributed by atoms with Crippen LogP contribution in [0.5, 0.6) is 17.2 Å². The molecule has 8 heteroatoms. The Morgan fingerprint density at radius 3 is 2.51 bits per heavy atom. The van der Waals surface area contributed by atoms with Crippen LogP contribution in [0.3, 0.4) is 0 Å². The fourth-order valence-electron chi connectivity index (χ4n) is 4.55. The molecule has 1 aliphatic heterocycles. The van der Waals surface area contributed by atoms with Gasteiger partial charge in [-0.05, 0) is 90.4 Å². The van der Waals surface area contributed by atoms with Crippen molar-refractivity contribution in [2.45, 2.75) is 39.2 Å². The zero-order valence-electron chi connectivity index (χ0n) is 21.3. The van der Waals surface area contributed by atoms with E-state index in [-0.39, 0.29) is 18.3 Å². The van der Waals surface area contributed by atoms with Crippen LogP contribution in [-0.4, -0.2) is 44.7 Å². The number of aliphatic carboxylic acids is 1. The second-order valence-corrected chi connectivity index (χ2v) is 11.7. The highest BCUT2D eigenvalue weighted by molar-refractivity contribution is 7.90. The quantitative estimate of drug-likeness (QED) is 0.359. The van der Waals surface area contributed by atoms with E-state index in [4.69, 9.17) is 19.3 Å². The fraction of sp³-hybridized carbons (Fsp3) is 0.345. The lowest BCUT2D eigenvalue weighted by molar-refractivity contribution is -0.136. The Kier molecular flexibility index (Phi) is 8.07. The van der Waals surface area contributed by atoms with E-state index in [1.165, 1.54) is 6.26 Å². The highest BCUT2D eigenvalue weighted by atomic mass is 32.2. The van der Waals surface area contributed by atoms with Gasteiger partial charge in [0.2, 0.25) is 0 Å². The van der Waals surface area contributed by atoms with E-state index in [0.29, 0.717) is 37.6 Å². The molecule has 3 aromatic rings. The zero-order valence-corrected chi connectivity index (χ0v) is 22.1. The SMILES string of the molecule is Cc1cc(OCCCS(C)(=O)=O)cc(C)c1-c1cccc(C2COc3cc(CCC(=O)O)ccc3O2)c1. The lowest BCUT2D eigenvalue weighted by Crippen LogP contribution is -2.21. The molecule has 0 radical (unpaired) electrons. The number of hydrogen-bond donors (Lipinski definition) is 1. The molecule has 0 spiro atoms. The van der Waals surface area contributed by atoms with Crippen LogP contribution in [0, 0.1) is 13.8 Å². The molecular weight excluding hydrogens is 492 g/mol. The molecule has 1 heterocycles. The maximum Gasteiger partial charge on any atom is 0.303 e. The molecule has 3 aromatic carbocycles. The van der Waals surface area contributed by atoms with Crippen molar-refractivity contribution in [3.05, 3.63) is 76.9 Å². The summed E-state index contributed by atoms with van der Waals surface area (Å²) in [6, 6.07) is 17.7. The van der Waals surface area contributed by atoms with E-state index in [0.717, 1.165) is 39.1 Å². The summed E-state index contributed by atoms with van der Waals surface area (Å²) in [5, 5.41) is 8.91. The zero-order chi connectivity index (χ0) is 26.6. The summed E-state index contributed by atoms with van der Waals surface area (Å²) in [6.07, 6.45) is 1.94. The predicted octanol–water partition coefficient (Wildman–Crippen LogP) is 5.31. The second kappa shape index (κ2) is 11.3. The van der Waals surface area contributed by atoms with Crippen LogP contribution >= 0.6 is 0 Å². The number of aryl methyl sites for hydroxylation is 3. The topological polar surface area (TPSA) is 99.1 Å². The minimum absolute atomic E-state index is 0.0736. The van der Waals surface area contributed by atoms with Crippen molar-refractivity contribution in [3.63, 3.8) is 0 Å². The normalized spacial score (nSPS) is 14.8. The van der Waals surface area contributed by atoms with Gasteiger partial charge >= 0.3 is 5.97 Å². The number of sulfone groups is 1. The number of carbonyl (C=O) groups is 1. The van der Waals surface area contributed by atoms with E-state index in [1.807, 2.05) is 56.3 Å². The summed E-state index contributed by atoms with van der Waals surface area (Å²) in [4.78, 5) is 10.9. The Labute approximate surface area is 217 Å². The number of fused-ring (bicyclic) bond motifs is 1. The smallest absolute Gasteiger partial charge is 0.303 e. The molecular formula is C29H32O7S. The van der Waals surface area contributed by atoms with Crippen LogP contribution in [0.1, 0.15) is 41.2 Å². The number of ether oxygens (including phenoxy) is 3. The van der Waals surface area contributed by atoms with Crippen molar-refractivity contribution < 1.29 is 32.5 Å². The Hall–Kier alpha value is -3.52. The van der Waals surface area contributed by atoms with Crippen molar-refractivity contribution in [3.8, 4) is 28.4 Å². The number of carboxylic acid groups (broad SMARTS) is 1. The maximum atomic E-state index is 11.3. The summed E-state index contributed by atoms with van der Waals surface area (Å²) >= 11 is 0. The van der Waals surface area contributed by atoms with Crippen LogP contribution < -0.4 is 14.2 Å². The molecule has 196 valence electrons. The predicted molar refractivity (Wildman–Crippen MR) is 142 cm³/mol. The number of hydrogen-bond acceptors (Lipinski definition) is 6. The average Bonchev–Trinajstić information content (AvgIpc) is 2.84. The van der Waals surface area contributed by atoms with Gasteiger partial charge in [0.15, 0.2) is 17.6 Å². The number of benzene rings is 3. The lowest BCUT2D eigenvalue weighted by Gasteiger charge is -2.27. The van der Waals surface area contributed by atoms with Crippen LogP contribution in [0.2, 0.25) is 0 Å². The molecule has 0 saturated carbocycles. The summed E-state index contributed by atoms with van der Waals surface area (Å²) in [5.74, 6) is 1.29. The Morgan fingerprint density at radius 1 is 1.05 bits per heavy atom. The van der Waals surface area contributed by atoms with Crippen molar-refractivity contribution in [1.82, 2.24) is 0 Å². The van der Waals surface area contributed by atoms with Crippen LogP contribution in [0.4, 0.5) is 0 Å². The lowest BCUT2D eigenvalue weighted by atomic mass is 9.93. The van der Waals surface area contributed by atoms with Gasteiger partial charge in [-0.15, -0.1) is 0 Å². The second-order valence-electron chi connectivity index (χ2n) is 9.48. The Morgan fingerprint density at radius 2 is 1.81 bits per heavy atom. The third kappa shape index (κ3) is 7.04. The molecule has 0 bridgehead atoms. The molecule has 0 amide bonds. The molecule has 1 unspecified atom stereocenters. The van der Waals surface area contributed by atoms with Gasteiger partial charge in [0.05, 0.1) is 12.4 Å². The molecule has 1 aliphatic rings. The van der Waals surface area contributed by atoms with Gasteiger partial charge in [-0.1, -0.05) is 24.3 Å². The molecule has 7 nitrogen and oxygen atoms in total. The first-order chi connectivity index (χ1) is 17.6. The first kappa shape index (κ1) is 26.5. The van der Waals surface area contributed by atoms with Gasteiger partial charge in [0, 0.05) is 12.7 Å². The van der Waals surface area contributed by atoms with Crippen molar-refractivity contribution in [2.75, 3.05) is 25.2 Å². The summed E-state index contributed by atoms with van der Waals surface area (Å²) < 4.78 is 40.7. The molecule has 4 rings (SSSR count). The third-order valence-corrected chi connectivity index (χ3v) is 7.31. The van der Waals surface area contributed by atoms with Gasteiger partial charge < -0.3 is 19.3 Å². The standard InChI is InChI=1S/C29H32O7S/c1-19-14-24(34-12-5-13-37(3,32)33)15-20(2)29(19)23-7-4-6-22(17-23)27-18-35-26-16-21(9-11-28(30)31)8-10-25(26)36-27/h4,6-8,10,14-17,27H,5,9,11-13,18H2,1-3H3,(H,30,31). The molecule has 0 saturated heterocycles. The summed E-state index contributed by atoms with van der Waals surface area (Å²) in [6.45, 7) is 4.78. The first-order valence-corrected chi connectivity index (χ1v) is 14.3. The summed E-state index contributed by atoms with van der Waals surface area (Å²) in [7, 11) is -2.99. The third-order valence-electron chi connectivity index (χ3n) is 6.28. The van der Waals surface area contributed by atoms with Crippen molar-refractivity contribution >= 4 is 15.8 Å². The van der Waals surface area contributed by atoms with Crippen LogP contribution in [-0.2, 0) is 21.1 Å². The molecule has 0 aromatic heterocycles. The molecule has 0 fully saturated rings. The Balaban J connectivity index is 1.47. The van der Waals surface area contributed by atoms with Crippen LogP contribution in [0.15, 0.2) is 54.6 Å². The molecule has 1 atom stereocenters. The summed E-state index contributed by atoms with van der Waals surface area (Å²) in [5.41, 5.74) is 6.21. The van der Waals surface area contributed by atoms with E-state index >= 15 is 0 Å². The number of carboxylic acids is 1. The largest absolute Gasteiger partial charge is 0.494 e. The van der Waals surface area contributed by atoms with E-state index in [2.05, 4.69) is 12.1 Å². The van der Waals surface area contributed by atoms with Crippen molar-refractivity contribution in [2.24, 2.45) is 0 Å². The van der Waals surface area contributed by atoms with E-state index < -0.39 is 15.8 Å². The number of rotatable bonds is 10. The van der Waals surface area contributed by atoms with E-state index in [9.17, 15) is 13.2 Å². The van der Waals surface area contributed by atoms with E-state index in [1.54, 1.807) is 0 Å². The van der Waals surface area contributed by atoms with Gasteiger partial charge in [-0.25, -0.2) is 8.42 Å².